The maximum absolute atomic E-state index is 9.82. The number of hydrogen-bond acceptors (Lipinski definition) is 5. The number of ether oxygens (including phenoxy) is 2. The van der Waals surface area contributed by atoms with Crippen molar-refractivity contribution in [3.63, 3.8) is 0 Å². The molecule has 1 aromatic rings. The summed E-state index contributed by atoms with van der Waals surface area (Å²) in [6.07, 6.45) is 7.41. The number of fused-ring (bicyclic) bond motifs is 3. The fourth-order valence-electron chi connectivity index (χ4n) is 3.50. The van der Waals surface area contributed by atoms with Crippen LogP contribution < -0.4 is 21.9 Å². The van der Waals surface area contributed by atoms with E-state index in [1.54, 1.807) is 20.3 Å². The van der Waals surface area contributed by atoms with E-state index in [0.29, 0.717) is 6.54 Å². The first-order valence-corrected chi connectivity index (χ1v) is 7.80. The van der Waals surface area contributed by atoms with Gasteiger partial charge in [-0.2, -0.15) is 0 Å². The Labute approximate surface area is 152 Å². The Bertz CT molecular complexity index is 851. The van der Waals surface area contributed by atoms with Gasteiger partial charge in [0.05, 0.1) is 38.5 Å². The summed E-state index contributed by atoms with van der Waals surface area (Å²) in [5.41, 5.74) is 5.00. The van der Waals surface area contributed by atoms with Gasteiger partial charge >= 0.3 is 5.76 Å². The molecule has 0 atom stereocenters. The highest BCUT2D eigenvalue weighted by Gasteiger charge is 2.37. The highest BCUT2D eigenvalue weighted by Crippen LogP contribution is 2.43. The fraction of sp³-hybridized carbons (Fsp3) is 0.263. The summed E-state index contributed by atoms with van der Waals surface area (Å²) >= 11 is 0. The van der Waals surface area contributed by atoms with E-state index in [2.05, 4.69) is 17.1 Å². The molecule has 1 aromatic carbocycles. The smallest absolute Gasteiger partial charge is 0.300 e. The van der Waals surface area contributed by atoms with E-state index < -0.39 is 0 Å². The lowest BCUT2D eigenvalue weighted by molar-refractivity contribution is -0.00000701. The minimum Gasteiger partial charge on any atom is -1.00 e. The Morgan fingerprint density at radius 3 is 2.64 bits per heavy atom. The molecule has 25 heavy (non-hydrogen) atoms. The van der Waals surface area contributed by atoms with Crippen LogP contribution in [0.2, 0.25) is 0 Å². The minimum absolute atomic E-state index is 0. The van der Waals surface area contributed by atoms with Crippen molar-refractivity contribution in [2.45, 2.75) is 13.0 Å². The van der Waals surface area contributed by atoms with Crippen LogP contribution in [0.15, 0.2) is 46.6 Å². The molecule has 5 nitrogen and oxygen atoms in total. The van der Waals surface area contributed by atoms with E-state index in [9.17, 15) is 10.2 Å². The van der Waals surface area contributed by atoms with Crippen LogP contribution in [0.25, 0.3) is 6.08 Å². The molecule has 6 heteroatoms. The van der Waals surface area contributed by atoms with Crippen LogP contribution >= 0.6 is 0 Å². The average Bonchev–Trinajstić information content (AvgIpc) is 2.60. The Morgan fingerprint density at radius 1 is 1.12 bits per heavy atom. The molecule has 0 spiro atoms. The maximum Gasteiger partial charge on any atom is 0.300 e. The third-order valence-corrected chi connectivity index (χ3v) is 4.69. The summed E-state index contributed by atoms with van der Waals surface area (Å²) in [7, 11) is 3.28. The van der Waals surface area contributed by atoms with E-state index in [1.165, 1.54) is 0 Å². The van der Waals surface area contributed by atoms with E-state index in [-0.39, 0.29) is 23.9 Å². The van der Waals surface area contributed by atoms with Crippen molar-refractivity contribution in [3.8, 4) is 11.5 Å². The normalized spacial score (nSPS) is 17.7. The van der Waals surface area contributed by atoms with Gasteiger partial charge < -0.3 is 37.0 Å². The molecule has 4 rings (SSSR count). The Hall–Kier alpha value is -2.62. The number of methoxy groups -OCH3 is 2. The fourth-order valence-corrected chi connectivity index (χ4v) is 3.50. The van der Waals surface area contributed by atoms with E-state index in [4.69, 9.17) is 9.47 Å². The van der Waals surface area contributed by atoms with E-state index in [1.807, 2.05) is 12.1 Å². The molecule has 0 radical (unpaired) electrons. The van der Waals surface area contributed by atoms with Gasteiger partial charge in [-0.3, -0.25) is 0 Å². The number of aliphatic hydroxyl groups is 2. The number of nitrogens with zero attached hydrogens (tertiary/aromatic N) is 1. The van der Waals surface area contributed by atoms with Crippen molar-refractivity contribution in [1.82, 2.24) is 4.90 Å². The predicted octanol–water partition coefficient (Wildman–Crippen LogP) is 0.265. The van der Waals surface area contributed by atoms with Crippen molar-refractivity contribution in [2.75, 3.05) is 20.8 Å². The second kappa shape index (κ2) is 6.36. The van der Waals surface area contributed by atoms with E-state index in [0.717, 1.165) is 52.4 Å². The number of hydrogen-bond donors (Lipinski definition) is 2. The highest BCUT2D eigenvalue weighted by atomic mass is 35.5. The van der Waals surface area contributed by atoms with Crippen molar-refractivity contribution in [2.24, 2.45) is 0 Å². The topological polar surface area (TPSA) is 62.2 Å². The molecule has 0 saturated carbocycles. The SMILES string of the molecule is COc1ccc2c(c1OC)CN1CCC3=C([C+]=C(O)C(O)=C3)C1=C2.[Cl-]. The van der Waals surface area contributed by atoms with Crippen LogP contribution in [0.1, 0.15) is 17.5 Å². The zero-order valence-electron chi connectivity index (χ0n) is 14.0. The molecule has 2 aliphatic heterocycles. The van der Waals surface area contributed by atoms with Gasteiger partial charge in [0.25, 0.3) is 0 Å². The number of benzene rings is 1. The summed E-state index contributed by atoms with van der Waals surface area (Å²) in [4.78, 5) is 2.24. The summed E-state index contributed by atoms with van der Waals surface area (Å²) < 4.78 is 10.9. The summed E-state index contributed by atoms with van der Waals surface area (Å²) in [6, 6.07) is 3.90. The third kappa shape index (κ3) is 2.62. The zero-order valence-corrected chi connectivity index (χ0v) is 14.7. The molecule has 3 aliphatic rings. The summed E-state index contributed by atoms with van der Waals surface area (Å²) in [5.74, 6) is 1.15. The van der Waals surface area contributed by atoms with Gasteiger partial charge in [-0.1, -0.05) is 0 Å². The first kappa shape index (κ1) is 17.2. The van der Waals surface area contributed by atoms with Crippen molar-refractivity contribution >= 4 is 6.08 Å². The van der Waals surface area contributed by atoms with Crippen LogP contribution in [0.5, 0.6) is 11.5 Å². The van der Waals surface area contributed by atoms with Crippen molar-refractivity contribution < 1.29 is 32.1 Å². The lowest BCUT2D eigenvalue weighted by atomic mass is 9.88. The number of aliphatic hydroxyl groups excluding tert-OH is 2. The second-order valence-electron chi connectivity index (χ2n) is 5.97. The molecule has 0 fully saturated rings. The number of halogens is 1. The van der Waals surface area contributed by atoms with Gasteiger partial charge in [-0.15, -0.1) is 0 Å². The Balaban J connectivity index is 0.00000182. The average molecular weight is 360 g/mol. The maximum atomic E-state index is 9.82. The van der Waals surface area contributed by atoms with Crippen LogP contribution in [0.4, 0.5) is 0 Å². The minimum atomic E-state index is -0.213. The van der Waals surface area contributed by atoms with Crippen LogP contribution in [-0.4, -0.2) is 35.9 Å². The van der Waals surface area contributed by atoms with E-state index >= 15 is 0 Å². The summed E-state index contributed by atoms with van der Waals surface area (Å²) in [5, 5.41) is 19.5. The molecule has 130 valence electrons. The lowest BCUT2D eigenvalue weighted by Gasteiger charge is -2.33. The molecule has 2 heterocycles. The van der Waals surface area contributed by atoms with Crippen LogP contribution in [-0.2, 0) is 6.54 Å². The highest BCUT2D eigenvalue weighted by molar-refractivity contribution is 5.71. The molecule has 0 bridgehead atoms. The molecule has 2 N–H and O–H groups in total. The van der Waals surface area contributed by atoms with Gasteiger partial charge in [0.1, 0.15) is 5.70 Å². The van der Waals surface area contributed by atoms with Gasteiger partial charge in [0.15, 0.2) is 17.1 Å². The molecule has 0 aromatic heterocycles. The summed E-state index contributed by atoms with van der Waals surface area (Å²) in [6.45, 7) is 1.53. The van der Waals surface area contributed by atoms with Crippen molar-refractivity contribution in [1.29, 1.82) is 0 Å². The van der Waals surface area contributed by atoms with Gasteiger partial charge in [-0.25, -0.2) is 0 Å². The molecule has 0 unspecified atom stereocenters. The Morgan fingerprint density at radius 2 is 1.92 bits per heavy atom. The molecular weight excluding hydrogens is 342 g/mol. The van der Waals surface area contributed by atoms with Crippen LogP contribution in [0.3, 0.4) is 0 Å². The first-order valence-electron chi connectivity index (χ1n) is 7.80. The largest absolute Gasteiger partial charge is 1.00 e. The molecule has 0 amide bonds. The number of rotatable bonds is 2. The lowest BCUT2D eigenvalue weighted by Crippen LogP contribution is -3.00. The van der Waals surface area contributed by atoms with Gasteiger partial charge in [-0.05, 0) is 17.7 Å². The van der Waals surface area contributed by atoms with Crippen molar-refractivity contribution in [3.05, 3.63) is 63.8 Å². The molecule has 1 aliphatic carbocycles. The van der Waals surface area contributed by atoms with Gasteiger partial charge in [0.2, 0.25) is 5.76 Å². The Kier molecular flexibility index (Phi) is 4.38. The molecular formula is C19H18ClNO4. The number of allylic oxidation sites excluding steroid dienone is 2. The monoisotopic (exact) mass is 359 g/mol. The van der Waals surface area contributed by atoms with Crippen LogP contribution in [0, 0.1) is 6.08 Å². The standard InChI is InChI=1S/C19H17NO4.ClH/c1-23-18-4-3-11-7-15-13-9-17(22)16(21)8-12(13)5-6-20(15)10-14(11)19(18)24-2;/h3-4,7-8H,5-6,10H2,1-2H3,(H-,21,22);1H. The predicted molar refractivity (Wildman–Crippen MR) is 89.7 cm³/mol. The second-order valence-corrected chi connectivity index (χ2v) is 5.97. The molecule has 0 saturated heterocycles. The zero-order chi connectivity index (χ0) is 16.8. The quantitative estimate of drug-likeness (QED) is 0.742. The third-order valence-electron chi connectivity index (χ3n) is 4.69. The first-order chi connectivity index (χ1) is 11.6. The van der Waals surface area contributed by atoms with Gasteiger partial charge in [0, 0.05) is 24.6 Å².